The van der Waals surface area contributed by atoms with Crippen molar-refractivity contribution in [1.82, 2.24) is 20.3 Å². The number of aromatic nitrogens is 3. The fourth-order valence-corrected chi connectivity index (χ4v) is 5.14. The first-order valence-electron chi connectivity index (χ1n) is 11.7. The van der Waals surface area contributed by atoms with Crippen molar-refractivity contribution in [2.45, 2.75) is 19.3 Å². The van der Waals surface area contributed by atoms with Crippen molar-refractivity contribution in [2.24, 2.45) is 5.92 Å². The van der Waals surface area contributed by atoms with Crippen LogP contribution in [-0.2, 0) is 11.2 Å². The number of piperidine rings is 1. The Morgan fingerprint density at radius 2 is 1.79 bits per heavy atom. The van der Waals surface area contributed by atoms with Crippen molar-refractivity contribution in [3.05, 3.63) is 84.1 Å². The summed E-state index contributed by atoms with van der Waals surface area (Å²) >= 11 is 1.64. The van der Waals surface area contributed by atoms with Gasteiger partial charge in [-0.2, -0.15) is 0 Å². The molecule has 5 rings (SSSR count). The lowest BCUT2D eigenvalue weighted by molar-refractivity contribution is -0.125. The number of benzene rings is 2. The fraction of sp³-hybridized carbons (Fsp3) is 0.259. The van der Waals surface area contributed by atoms with Gasteiger partial charge >= 0.3 is 0 Å². The molecule has 172 valence electrons. The monoisotopic (exact) mass is 469 g/mol. The van der Waals surface area contributed by atoms with Gasteiger partial charge in [0.1, 0.15) is 17.2 Å². The molecule has 0 saturated carbocycles. The lowest BCUT2D eigenvalue weighted by Crippen LogP contribution is -2.43. The molecule has 3 heterocycles. The van der Waals surface area contributed by atoms with E-state index in [0.29, 0.717) is 13.1 Å². The smallest absolute Gasteiger partial charge is 0.224 e. The van der Waals surface area contributed by atoms with Crippen molar-refractivity contribution in [1.29, 1.82) is 0 Å². The zero-order chi connectivity index (χ0) is 23.2. The number of hydrogen-bond donors (Lipinski definition) is 1. The van der Waals surface area contributed by atoms with Gasteiger partial charge < -0.3 is 10.2 Å². The molecule has 1 aliphatic heterocycles. The number of anilines is 1. The van der Waals surface area contributed by atoms with E-state index in [1.54, 1.807) is 17.7 Å². The van der Waals surface area contributed by atoms with E-state index in [2.05, 4.69) is 37.7 Å². The minimum Gasteiger partial charge on any atom is -0.356 e. The van der Waals surface area contributed by atoms with Crippen molar-refractivity contribution in [3.8, 4) is 21.8 Å². The zero-order valence-electron chi connectivity index (χ0n) is 18.9. The maximum absolute atomic E-state index is 12.9. The van der Waals surface area contributed by atoms with Crippen LogP contribution in [0.15, 0.2) is 78.4 Å². The van der Waals surface area contributed by atoms with E-state index in [9.17, 15) is 4.79 Å². The van der Waals surface area contributed by atoms with Crippen LogP contribution in [0.1, 0.15) is 18.5 Å². The number of amides is 1. The van der Waals surface area contributed by atoms with E-state index in [1.165, 1.54) is 0 Å². The van der Waals surface area contributed by atoms with Gasteiger partial charge in [-0.1, -0.05) is 60.7 Å². The first kappa shape index (κ1) is 22.2. The molecule has 1 unspecified atom stereocenters. The predicted molar refractivity (Wildman–Crippen MR) is 137 cm³/mol. The Bertz CT molecular complexity index is 1230. The molecular formula is C27H27N5OS. The molecule has 1 saturated heterocycles. The van der Waals surface area contributed by atoms with Gasteiger partial charge in [0.25, 0.3) is 0 Å². The topological polar surface area (TPSA) is 71.0 Å². The summed E-state index contributed by atoms with van der Waals surface area (Å²) < 4.78 is 0. The molecule has 1 N–H and O–H groups in total. The molecule has 1 atom stereocenters. The predicted octanol–water partition coefficient (Wildman–Crippen LogP) is 4.84. The van der Waals surface area contributed by atoms with Crippen LogP contribution >= 0.6 is 11.3 Å². The summed E-state index contributed by atoms with van der Waals surface area (Å²) in [5, 5.41) is 6.22. The number of carbonyl (C=O) groups excluding carboxylic acids is 1. The molecule has 2 aromatic carbocycles. The van der Waals surface area contributed by atoms with Crippen molar-refractivity contribution in [3.63, 3.8) is 0 Å². The molecule has 1 fully saturated rings. The number of carbonyl (C=O) groups is 1. The first-order chi connectivity index (χ1) is 16.8. The minimum atomic E-state index is -0.0424. The molecule has 4 aromatic rings. The lowest BCUT2D eigenvalue weighted by Gasteiger charge is -2.33. The quantitative estimate of drug-likeness (QED) is 0.419. The molecule has 6 nitrogen and oxygen atoms in total. The third kappa shape index (κ3) is 5.31. The minimum absolute atomic E-state index is 0.0424. The van der Waals surface area contributed by atoms with E-state index >= 15 is 0 Å². The van der Waals surface area contributed by atoms with Crippen molar-refractivity contribution < 1.29 is 4.79 Å². The molecular weight excluding hydrogens is 442 g/mol. The largest absolute Gasteiger partial charge is 0.356 e. The molecule has 2 aromatic heterocycles. The van der Waals surface area contributed by atoms with Gasteiger partial charge in [0.05, 0.1) is 17.3 Å². The summed E-state index contributed by atoms with van der Waals surface area (Å²) in [6.45, 7) is 2.17. The zero-order valence-corrected chi connectivity index (χ0v) is 19.7. The normalized spacial score (nSPS) is 15.8. The summed E-state index contributed by atoms with van der Waals surface area (Å²) in [6.07, 6.45) is 4.21. The highest BCUT2D eigenvalue weighted by Crippen LogP contribution is 2.26. The van der Waals surface area contributed by atoms with E-state index in [1.807, 2.05) is 54.6 Å². The fourth-order valence-electron chi connectivity index (χ4n) is 4.28. The summed E-state index contributed by atoms with van der Waals surface area (Å²) in [4.78, 5) is 28.7. The van der Waals surface area contributed by atoms with Crippen LogP contribution in [0.5, 0.6) is 0 Å². The van der Waals surface area contributed by atoms with E-state index in [4.69, 9.17) is 4.98 Å². The van der Waals surface area contributed by atoms with Crippen LogP contribution in [-0.4, -0.2) is 40.5 Å². The Balaban J connectivity index is 1.16. The van der Waals surface area contributed by atoms with E-state index in [-0.39, 0.29) is 11.8 Å². The second-order valence-corrected chi connectivity index (χ2v) is 9.32. The van der Waals surface area contributed by atoms with Crippen molar-refractivity contribution >= 4 is 23.1 Å². The number of rotatable bonds is 7. The van der Waals surface area contributed by atoms with Crippen LogP contribution in [0.3, 0.4) is 0 Å². The van der Waals surface area contributed by atoms with Gasteiger partial charge in [0, 0.05) is 48.6 Å². The van der Waals surface area contributed by atoms with E-state index in [0.717, 1.165) is 59.1 Å². The maximum Gasteiger partial charge on any atom is 0.224 e. The second kappa shape index (κ2) is 10.6. The molecule has 0 bridgehead atoms. The molecule has 0 radical (unpaired) electrons. The molecule has 34 heavy (non-hydrogen) atoms. The molecule has 0 aliphatic carbocycles. The highest BCUT2D eigenvalue weighted by atomic mass is 32.1. The standard InChI is InChI=1S/C27H27N5OS/c33-26(28-14-13-23-18-34-27(31-23)21-10-5-2-6-11-21)22-12-7-15-32(17-22)25-16-24(29-19-30-25)20-8-3-1-4-9-20/h1-6,8-11,16,18-19,22H,7,12-15,17H2,(H,28,33). The molecule has 0 spiro atoms. The van der Waals surface area contributed by atoms with Gasteiger partial charge in [-0.05, 0) is 12.8 Å². The number of thiazole rings is 1. The van der Waals surface area contributed by atoms with Crippen LogP contribution in [0, 0.1) is 5.92 Å². The highest BCUT2D eigenvalue weighted by molar-refractivity contribution is 7.13. The number of hydrogen-bond acceptors (Lipinski definition) is 6. The number of nitrogens with zero attached hydrogens (tertiary/aromatic N) is 4. The SMILES string of the molecule is O=C(NCCc1csc(-c2ccccc2)n1)C1CCCN(c2cc(-c3ccccc3)ncn2)C1. The Morgan fingerprint density at radius 1 is 1.03 bits per heavy atom. The second-order valence-electron chi connectivity index (χ2n) is 8.46. The highest BCUT2D eigenvalue weighted by Gasteiger charge is 2.26. The van der Waals surface area contributed by atoms with Crippen molar-refractivity contribution in [2.75, 3.05) is 24.5 Å². The van der Waals surface area contributed by atoms with Gasteiger partial charge in [0.15, 0.2) is 0 Å². The Hall–Kier alpha value is -3.58. The molecule has 1 amide bonds. The third-order valence-electron chi connectivity index (χ3n) is 6.09. The van der Waals surface area contributed by atoms with Gasteiger partial charge in [-0.15, -0.1) is 11.3 Å². The Labute approximate surface area is 203 Å². The molecule has 1 aliphatic rings. The third-order valence-corrected chi connectivity index (χ3v) is 7.03. The van der Waals surface area contributed by atoms with Crippen LogP contribution < -0.4 is 10.2 Å². The average molecular weight is 470 g/mol. The maximum atomic E-state index is 12.9. The van der Waals surface area contributed by atoms with Crippen LogP contribution in [0.4, 0.5) is 5.82 Å². The Kier molecular flexibility index (Phi) is 6.91. The summed E-state index contributed by atoms with van der Waals surface area (Å²) in [5.74, 6) is 0.946. The van der Waals surface area contributed by atoms with Crippen LogP contribution in [0.25, 0.3) is 21.8 Å². The summed E-state index contributed by atoms with van der Waals surface area (Å²) in [6, 6.07) is 22.3. The van der Waals surface area contributed by atoms with Gasteiger partial charge in [-0.3, -0.25) is 4.79 Å². The first-order valence-corrected chi connectivity index (χ1v) is 12.5. The van der Waals surface area contributed by atoms with E-state index < -0.39 is 0 Å². The summed E-state index contributed by atoms with van der Waals surface area (Å²) in [5.41, 5.74) is 4.11. The summed E-state index contributed by atoms with van der Waals surface area (Å²) in [7, 11) is 0. The Morgan fingerprint density at radius 3 is 2.59 bits per heavy atom. The average Bonchev–Trinajstić information content (AvgIpc) is 3.39. The molecule has 7 heteroatoms. The van der Waals surface area contributed by atoms with Gasteiger partial charge in [-0.25, -0.2) is 15.0 Å². The lowest BCUT2D eigenvalue weighted by atomic mass is 9.97. The van der Waals surface area contributed by atoms with Gasteiger partial charge in [0.2, 0.25) is 5.91 Å². The van der Waals surface area contributed by atoms with Crippen LogP contribution in [0.2, 0.25) is 0 Å². The number of nitrogens with one attached hydrogen (secondary N) is 1.